The van der Waals surface area contributed by atoms with Crippen LogP contribution in [0.15, 0.2) is 36.0 Å². The molecule has 0 amide bonds. The van der Waals surface area contributed by atoms with Crippen molar-refractivity contribution in [2.45, 2.75) is 40.0 Å². The first kappa shape index (κ1) is 11.2. The number of hydrogen-bond acceptors (Lipinski definition) is 0. The Bertz CT molecular complexity index is 182. The highest BCUT2D eigenvalue weighted by Gasteiger charge is 1.94. The zero-order chi connectivity index (χ0) is 9.40. The molecular formula is C12H20. The molecular weight excluding hydrogens is 144 g/mol. The first-order valence-electron chi connectivity index (χ1n) is 4.73. The van der Waals surface area contributed by atoms with E-state index in [-0.39, 0.29) is 0 Å². The van der Waals surface area contributed by atoms with E-state index in [0.29, 0.717) is 0 Å². The third-order valence-electron chi connectivity index (χ3n) is 2.03. The summed E-state index contributed by atoms with van der Waals surface area (Å²) in [4.78, 5) is 0. The maximum atomic E-state index is 3.67. The van der Waals surface area contributed by atoms with Gasteiger partial charge in [-0.1, -0.05) is 50.6 Å². The van der Waals surface area contributed by atoms with Crippen molar-refractivity contribution in [3.05, 3.63) is 36.0 Å². The lowest BCUT2D eigenvalue weighted by molar-refractivity contribution is 0.897. The predicted octanol–water partition coefficient (Wildman–Crippen LogP) is 4.26. The Morgan fingerprint density at radius 2 is 2.00 bits per heavy atom. The van der Waals surface area contributed by atoms with Crippen molar-refractivity contribution in [1.82, 2.24) is 0 Å². The molecule has 0 heteroatoms. The van der Waals surface area contributed by atoms with Gasteiger partial charge in [-0.3, -0.25) is 0 Å². The summed E-state index contributed by atoms with van der Waals surface area (Å²) in [5.41, 5.74) is 2.97. The summed E-state index contributed by atoms with van der Waals surface area (Å²) < 4.78 is 0. The fourth-order valence-corrected chi connectivity index (χ4v) is 1.12. The maximum Gasteiger partial charge on any atom is -0.0282 e. The molecule has 0 heterocycles. The third kappa shape index (κ3) is 4.17. The van der Waals surface area contributed by atoms with Gasteiger partial charge in [0, 0.05) is 0 Å². The number of rotatable bonds is 5. The molecule has 0 aromatic rings. The molecule has 0 atom stereocenters. The van der Waals surface area contributed by atoms with Gasteiger partial charge in [-0.25, -0.2) is 0 Å². The van der Waals surface area contributed by atoms with Gasteiger partial charge < -0.3 is 0 Å². The monoisotopic (exact) mass is 164 g/mol. The van der Waals surface area contributed by atoms with Gasteiger partial charge in [0.15, 0.2) is 0 Å². The van der Waals surface area contributed by atoms with Crippen molar-refractivity contribution in [1.29, 1.82) is 0 Å². The van der Waals surface area contributed by atoms with Crippen LogP contribution in [0.4, 0.5) is 0 Å². The second kappa shape index (κ2) is 6.90. The summed E-state index contributed by atoms with van der Waals surface area (Å²) in [7, 11) is 0. The molecule has 0 aliphatic heterocycles. The molecule has 0 bridgehead atoms. The predicted molar refractivity (Wildman–Crippen MR) is 57.2 cm³/mol. The SMILES string of the molecule is C=C/C=C\C(CCC)=C(/C)CC. The van der Waals surface area contributed by atoms with Crippen LogP contribution in [0.25, 0.3) is 0 Å². The van der Waals surface area contributed by atoms with Crippen molar-refractivity contribution in [3.63, 3.8) is 0 Å². The van der Waals surface area contributed by atoms with E-state index < -0.39 is 0 Å². The highest BCUT2D eigenvalue weighted by atomic mass is 14.0. The third-order valence-corrected chi connectivity index (χ3v) is 2.03. The molecule has 0 aromatic carbocycles. The van der Waals surface area contributed by atoms with Gasteiger partial charge in [0.25, 0.3) is 0 Å². The van der Waals surface area contributed by atoms with Gasteiger partial charge in [0.2, 0.25) is 0 Å². The molecule has 0 aromatic heterocycles. The van der Waals surface area contributed by atoms with E-state index in [2.05, 4.69) is 33.4 Å². The van der Waals surface area contributed by atoms with Crippen molar-refractivity contribution in [2.24, 2.45) is 0 Å². The van der Waals surface area contributed by atoms with Crippen LogP contribution in [0.5, 0.6) is 0 Å². The van der Waals surface area contributed by atoms with Crippen LogP contribution in [0.2, 0.25) is 0 Å². The lowest BCUT2D eigenvalue weighted by Gasteiger charge is -2.04. The highest BCUT2D eigenvalue weighted by Crippen LogP contribution is 2.14. The van der Waals surface area contributed by atoms with Crippen molar-refractivity contribution >= 4 is 0 Å². The molecule has 0 unspecified atom stereocenters. The lowest BCUT2D eigenvalue weighted by Crippen LogP contribution is -1.84. The van der Waals surface area contributed by atoms with Crippen LogP contribution in [-0.4, -0.2) is 0 Å². The summed E-state index contributed by atoms with van der Waals surface area (Å²) in [5, 5.41) is 0. The zero-order valence-corrected chi connectivity index (χ0v) is 8.56. The molecule has 0 saturated carbocycles. The van der Waals surface area contributed by atoms with E-state index in [1.807, 2.05) is 12.2 Å². The Morgan fingerprint density at radius 3 is 2.42 bits per heavy atom. The largest absolute Gasteiger partial charge is 0.0991 e. The average molecular weight is 164 g/mol. The lowest BCUT2D eigenvalue weighted by atomic mass is 10.0. The summed E-state index contributed by atoms with van der Waals surface area (Å²) in [6, 6.07) is 0. The minimum atomic E-state index is 1.15. The first-order valence-corrected chi connectivity index (χ1v) is 4.73. The first-order chi connectivity index (χ1) is 5.76. The highest BCUT2D eigenvalue weighted by molar-refractivity contribution is 5.26. The molecule has 0 rings (SSSR count). The molecule has 0 aliphatic rings. The maximum absolute atomic E-state index is 3.67. The molecule has 0 N–H and O–H groups in total. The quantitative estimate of drug-likeness (QED) is 0.533. The minimum absolute atomic E-state index is 1.15. The van der Waals surface area contributed by atoms with Crippen molar-refractivity contribution < 1.29 is 0 Å². The molecule has 0 fully saturated rings. The second-order valence-electron chi connectivity index (χ2n) is 3.00. The van der Waals surface area contributed by atoms with E-state index in [9.17, 15) is 0 Å². The Balaban J connectivity index is 4.41. The van der Waals surface area contributed by atoms with Crippen LogP contribution in [0.3, 0.4) is 0 Å². The van der Waals surface area contributed by atoms with E-state index >= 15 is 0 Å². The average Bonchev–Trinajstić information content (AvgIpc) is 2.11. The fourth-order valence-electron chi connectivity index (χ4n) is 1.12. The zero-order valence-electron chi connectivity index (χ0n) is 8.56. The van der Waals surface area contributed by atoms with E-state index in [1.165, 1.54) is 24.0 Å². The Labute approximate surface area is 76.7 Å². The number of hydrogen-bond donors (Lipinski definition) is 0. The van der Waals surface area contributed by atoms with Crippen LogP contribution in [0.1, 0.15) is 40.0 Å². The molecule has 0 nitrogen and oxygen atoms in total. The second-order valence-corrected chi connectivity index (χ2v) is 3.00. The summed E-state index contributed by atoms with van der Waals surface area (Å²) >= 11 is 0. The summed E-state index contributed by atoms with van der Waals surface area (Å²) in [6.07, 6.45) is 9.58. The molecule has 0 aliphatic carbocycles. The summed E-state index contributed by atoms with van der Waals surface area (Å²) in [6.45, 7) is 10.3. The van der Waals surface area contributed by atoms with Gasteiger partial charge >= 0.3 is 0 Å². The Hall–Kier alpha value is -0.780. The van der Waals surface area contributed by atoms with Crippen molar-refractivity contribution in [3.8, 4) is 0 Å². The van der Waals surface area contributed by atoms with Gasteiger partial charge in [0.1, 0.15) is 0 Å². The molecule has 0 saturated heterocycles. The molecule has 0 radical (unpaired) electrons. The topological polar surface area (TPSA) is 0 Å². The van der Waals surface area contributed by atoms with Crippen LogP contribution >= 0.6 is 0 Å². The smallest absolute Gasteiger partial charge is 0.0282 e. The van der Waals surface area contributed by atoms with Crippen LogP contribution in [-0.2, 0) is 0 Å². The van der Waals surface area contributed by atoms with Crippen molar-refractivity contribution in [2.75, 3.05) is 0 Å². The van der Waals surface area contributed by atoms with Gasteiger partial charge in [-0.15, -0.1) is 0 Å². The normalized spacial score (nSPS) is 13.2. The Kier molecular flexibility index (Phi) is 6.45. The molecule has 68 valence electrons. The van der Waals surface area contributed by atoms with E-state index in [0.717, 1.165) is 6.42 Å². The summed E-state index contributed by atoms with van der Waals surface area (Å²) in [5.74, 6) is 0. The van der Waals surface area contributed by atoms with Gasteiger partial charge in [0.05, 0.1) is 0 Å². The van der Waals surface area contributed by atoms with E-state index in [4.69, 9.17) is 0 Å². The van der Waals surface area contributed by atoms with Crippen LogP contribution < -0.4 is 0 Å². The standard InChI is InChI=1S/C12H20/c1-5-8-10-12(9-6-2)11(4)7-3/h5,8,10H,1,6-7,9H2,2-4H3/b10-8-,12-11+. The fraction of sp³-hybridized carbons (Fsp3) is 0.500. The van der Waals surface area contributed by atoms with E-state index in [1.54, 1.807) is 0 Å². The van der Waals surface area contributed by atoms with Gasteiger partial charge in [-0.05, 0) is 25.3 Å². The molecule has 12 heavy (non-hydrogen) atoms. The minimum Gasteiger partial charge on any atom is -0.0991 e. The Morgan fingerprint density at radius 1 is 1.33 bits per heavy atom. The number of allylic oxidation sites excluding steroid dienone is 5. The van der Waals surface area contributed by atoms with Crippen LogP contribution in [0, 0.1) is 0 Å². The molecule has 0 spiro atoms. The van der Waals surface area contributed by atoms with Gasteiger partial charge in [-0.2, -0.15) is 0 Å².